The molecule has 1 aliphatic rings. The summed E-state index contributed by atoms with van der Waals surface area (Å²) in [6.07, 6.45) is 0.292. The fraction of sp³-hybridized carbons (Fsp3) is 1.00. The smallest absolute Gasteiger partial charge is 0.228 e. The Labute approximate surface area is 77.6 Å². The molecule has 0 amide bonds. The van der Waals surface area contributed by atoms with Crippen LogP contribution in [0.4, 0.5) is 0 Å². The van der Waals surface area contributed by atoms with E-state index in [1.165, 1.54) is 6.92 Å². The van der Waals surface area contributed by atoms with Crippen molar-refractivity contribution in [1.29, 1.82) is 0 Å². The summed E-state index contributed by atoms with van der Waals surface area (Å²) in [7, 11) is -6.93. The number of nitrogens with two attached hydrogens (primary N) is 1. The molecular formula is C5H12N2O4S2. The third kappa shape index (κ3) is 2.63. The molecule has 0 unspecified atom stereocenters. The highest BCUT2D eigenvalue weighted by atomic mass is 32.2. The summed E-state index contributed by atoms with van der Waals surface area (Å²) in [5.41, 5.74) is 0. The van der Waals surface area contributed by atoms with E-state index < -0.39 is 31.3 Å². The van der Waals surface area contributed by atoms with Crippen molar-refractivity contribution in [3.05, 3.63) is 0 Å². The van der Waals surface area contributed by atoms with Crippen molar-refractivity contribution in [2.24, 2.45) is 5.14 Å². The molecule has 1 rings (SSSR count). The maximum absolute atomic E-state index is 11.2. The van der Waals surface area contributed by atoms with Crippen LogP contribution in [-0.4, -0.2) is 33.9 Å². The lowest BCUT2D eigenvalue weighted by atomic mass is 10.2. The standard InChI is InChI=1S/C5H12N2O4S2/c1-4-5(7-13(6,10)11)2-3-12(4,8)9/h4-5,7H,2-3H2,1H3,(H2,6,10,11)/t4-,5-/m0/s1. The number of hydrogen-bond acceptors (Lipinski definition) is 4. The van der Waals surface area contributed by atoms with Crippen molar-refractivity contribution < 1.29 is 16.8 Å². The SMILES string of the molecule is C[C@H]1[C@@H](NS(N)(=O)=O)CCS1(=O)=O. The van der Waals surface area contributed by atoms with Gasteiger partial charge in [-0.05, 0) is 13.3 Å². The highest BCUT2D eigenvalue weighted by Gasteiger charge is 2.38. The quantitative estimate of drug-likeness (QED) is 0.590. The Morgan fingerprint density at radius 3 is 2.31 bits per heavy atom. The van der Waals surface area contributed by atoms with Gasteiger partial charge in [0, 0.05) is 6.04 Å². The summed E-state index contributed by atoms with van der Waals surface area (Å²) < 4.78 is 45.7. The van der Waals surface area contributed by atoms with Crippen LogP contribution in [0.1, 0.15) is 13.3 Å². The Morgan fingerprint density at radius 1 is 1.46 bits per heavy atom. The minimum Gasteiger partial charge on any atom is -0.228 e. The molecule has 3 N–H and O–H groups in total. The van der Waals surface area contributed by atoms with Gasteiger partial charge in [-0.1, -0.05) is 0 Å². The first-order valence-electron chi connectivity index (χ1n) is 3.74. The van der Waals surface area contributed by atoms with Crippen molar-refractivity contribution in [2.75, 3.05) is 5.75 Å². The summed E-state index contributed by atoms with van der Waals surface area (Å²) in [5.74, 6) is 0.0152. The summed E-state index contributed by atoms with van der Waals surface area (Å²) >= 11 is 0. The van der Waals surface area contributed by atoms with Gasteiger partial charge in [-0.15, -0.1) is 0 Å². The predicted molar refractivity (Wildman–Crippen MR) is 47.9 cm³/mol. The number of rotatable bonds is 2. The van der Waals surface area contributed by atoms with Crippen molar-refractivity contribution in [1.82, 2.24) is 4.72 Å². The zero-order valence-electron chi connectivity index (χ0n) is 7.10. The fourth-order valence-electron chi connectivity index (χ4n) is 1.33. The van der Waals surface area contributed by atoms with Crippen LogP contribution in [0.2, 0.25) is 0 Å². The molecule has 0 aromatic heterocycles. The fourth-order valence-corrected chi connectivity index (χ4v) is 3.82. The second-order valence-electron chi connectivity index (χ2n) is 3.13. The second-order valence-corrected chi connectivity index (χ2v) is 6.93. The molecule has 1 heterocycles. The highest BCUT2D eigenvalue weighted by molar-refractivity contribution is 7.92. The first-order valence-corrected chi connectivity index (χ1v) is 7.00. The van der Waals surface area contributed by atoms with Crippen LogP contribution in [0.25, 0.3) is 0 Å². The topological polar surface area (TPSA) is 106 Å². The highest BCUT2D eigenvalue weighted by Crippen LogP contribution is 2.20. The number of nitrogens with one attached hydrogen (secondary N) is 1. The van der Waals surface area contributed by atoms with Crippen LogP contribution in [0.5, 0.6) is 0 Å². The molecule has 1 aliphatic heterocycles. The molecule has 0 saturated carbocycles. The van der Waals surface area contributed by atoms with Gasteiger partial charge in [0.2, 0.25) is 0 Å². The van der Waals surface area contributed by atoms with Crippen LogP contribution in [-0.2, 0) is 20.0 Å². The molecule has 1 saturated heterocycles. The molecule has 0 spiro atoms. The third-order valence-corrected chi connectivity index (χ3v) is 5.06. The van der Waals surface area contributed by atoms with E-state index in [1.54, 1.807) is 0 Å². The summed E-state index contributed by atoms with van der Waals surface area (Å²) in [5, 5.41) is 4.04. The van der Waals surface area contributed by atoms with Crippen molar-refractivity contribution in [2.45, 2.75) is 24.6 Å². The van der Waals surface area contributed by atoms with Crippen LogP contribution in [0.15, 0.2) is 0 Å². The molecule has 8 heteroatoms. The van der Waals surface area contributed by atoms with Gasteiger partial charge in [0.25, 0.3) is 10.2 Å². The lowest BCUT2D eigenvalue weighted by molar-refractivity contribution is 0.542. The number of sulfone groups is 1. The molecule has 0 bridgehead atoms. The monoisotopic (exact) mass is 228 g/mol. The van der Waals surface area contributed by atoms with Gasteiger partial charge in [0.15, 0.2) is 9.84 Å². The Kier molecular flexibility index (Phi) is 2.68. The van der Waals surface area contributed by atoms with E-state index in [-0.39, 0.29) is 5.75 Å². The summed E-state index contributed by atoms with van der Waals surface area (Å²) in [4.78, 5) is 0. The Bertz CT molecular complexity index is 385. The second kappa shape index (κ2) is 3.19. The minimum absolute atomic E-state index is 0.0152. The molecule has 13 heavy (non-hydrogen) atoms. The molecule has 0 aromatic carbocycles. The van der Waals surface area contributed by atoms with E-state index in [9.17, 15) is 16.8 Å². The average molecular weight is 228 g/mol. The predicted octanol–water partition coefficient (Wildman–Crippen LogP) is -1.64. The lowest BCUT2D eigenvalue weighted by Gasteiger charge is -2.13. The van der Waals surface area contributed by atoms with Gasteiger partial charge in [-0.25, -0.2) is 13.6 Å². The van der Waals surface area contributed by atoms with E-state index in [0.29, 0.717) is 6.42 Å². The maximum Gasteiger partial charge on any atom is 0.274 e. The van der Waals surface area contributed by atoms with E-state index in [2.05, 4.69) is 4.72 Å². The van der Waals surface area contributed by atoms with Gasteiger partial charge >= 0.3 is 0 Å². The first-order chi connectivity index (χ1) is 5.72. The summed E-state index contributed by atoms with van der Waals surface area (Å²) in [6.45, 7) is 1.48. The minimum atomic E-state index is -3.81. The Balaban J connectivity index is 2.78. The molecule has 78 valence electrons. The van der Waals surface area contributed by atoms with Crippen LogP contribution < -0.4 is 9.86 Å². The molecule has 1 fully saturated rings. The molecule has 0 radical (unpaired) electrons. The van der Waals surface area contributed by atoms with Crippen molar-refractivity contribution >= 4 is 20.0 Å². The Morgan fingerprint density at radius 2 is 2.00 bits per heavy atom. The maximum atomic E-state index is 11.2. The summed E-state index contributed by atoms with van der Waals surface area (Å²) in [6, 6.07) is -0.583. The zero-order chi connectivity index (χ0) is 10.3. The normalized spacial score (nSPS) is 33.4. The van der Waals surface area contributed by atoms with Crippen molar-refractivity contribution in [3.8, 4) is 0 Å². The molecular weight excluding hydrogens is 216 g/mol. The van der Waals surface area contributed by atoms with Gasteiger partial charge in [-0.2, -0.15) is 13.1 Å². The van der Waals surface area contributed by atoms with Gasteiger partial charge in [0.05, 0.1) is 11.0 Å². The molecule has 0 aromatic rings. The van der Waals surface area contributed by atoms with Crippen LogP contribution in [0.3, 0.4) is 0 Å². The lowest BCUT2D eigenvalue weighted by Crippen LogP contribution is -2.43. The zero-order valence-corrected chi connectivity index (χ0v) is 8.73. The van der Waals surface area contributed by atoms with Gasteiger partial charge in [-0.3, -0.25) is 0 Å². The third-order valence-electron chi connectivity index (χ3n) is 2.16. The number of hydrogen-bond donors (Lipinski definition) is 2. The first kappa shape index (κ1) is 10.9. The van der Waals surface area contributed by atoms with E-state index in [1.807, 2.05) is 0 Å². The van der Waals surface area contributed by atoms with Crippen LogP contribution in [0, 0.1) is 0 Å². The van der Waals surface area contributed by atoms with E-state index in [4.69, 9.17) is 5.14 Å². The molecule has 6 nitrogen and oxygen atoms in total. The van der Waals surface area contributed by atoms with E-state index in [0.717, 1.165) is 0 Å². The molecule has 0 aliphatic carbocycles. The largest absolute Gasteiger partial charge is 0.274 e. The average Bonchev–Trinajstić information content (AvgIpc) is 2.13. The van der Waals surface area contributed by atoms with Gasteiger partial charge in [0.1, 0.15) is 0 Å². The van der Waals surface area contributed by atoms with E-state index >= 15 is 0 Å². The van der Waals surface area contributed by atoms with Crippen molar-refractivity contribution in [3.63, 3.8) is 0 Å². The van der Waals surface area contributed by atoms with Gasteiger partial charge < -0.3 is 0 Å². The molecule has 2 atom stereocenters. The Hall–Kier alpha value is -0.180. The van der Waals surface area contributed by atoms with Crippen LogP contribution >= 0.6 is 0 Å².